The molecule has 4 N–H and O–H groups in total. The molecule has 4 amide bonds. The van der Waals surface area contributed by atoms with Crippen molar-refractivity contribution < 1.29 is 34.8 Å². The summed E-state index contributed by atoms with van der Waals surface area (Å²) in [5, 5.41) is 11.2. The highest BCUT2D eigenvalue weighted by atomic mass is 32.2. The second kappa shape index (κ2) is 18.2. The van der Waals surface area contributed by atoms with Gasteiger partial charge in [-0.05, 0) is 137 Å². The van der Waals surface area contributed by atoms with Gasteiger partial charge in [-0.2, -0.15) is 16.8 Å². The van der Waals surface area contributed by atoms with Crippen molar-refractivity contribution in [3.8, 4) is 11.5 Å². The maximum absolute atomic E-state index is 13.2. The molecule has 0 aromatic heterocycles. The van der Waals surface area contributed by atoms with E-state index in [4.69, 9.17) is 8.37 Å². The lowest BCUT2D eigenvalue weighted by Gasteiger charge is -2.15. The molecule has 0 spiro atoms. The van der Waals surface area contributed by atoms with E-state index in [0.717, 1.165) is 28.3 Å². The minimum absolute atomic E-state index is 0.0616. The molecule has 0 fully saturated rings. The molecule has 0 radical (unpaired) electrons. The molecule has 12 nitrogen and oxygen atoms in total. The molecular formula is C44H50N4O8S2. The van der Waals surface area contributed by atoms with Crippen LogP contribution in [-0.2, 0) is 20.2 Å². The Bertz CT molecular complexity index is 2260. The number of hydrogen-bond donors (Lipinski definition) is 4. The lowest BCUT2D eigenvalue weighted by Crippen LogP contribution is -2.19. The fraction of sp³-hybridized carbons (Fsp3) is 0.273. The second-order valence-corrected chi connectivity index (χ2v) is 18.2. The van der Waals surface area contributed by atoms with E-state index in [9.17, 15) is 26.4 Å². The van der Waals surface area contributed by atoms with Gasteiger partial charge in [-0.3, -0.25) is 0 Å². The monoisotopic (exact) mass is 826 g/mol. The fourth-order valence-corrected chi connectivity index (χ4v) is 7.77. The maximum atomic E-state index is 13.2. The van der Waals surface area contributed by atoms with E-state index in [1.54, 1.807) is 0 Å². The fourth-order valence-electron chi connectivity index (χ4n) is 5.74. The van der Waals surface area contributed by atoms with Gasteiger partial charge in [0.15, 0.2) is 0 Å². The smallest absolute Gasteiger partial charge is 0.339 e. The van der Waals surface area contributed by atoms with E-state index in [1.165, 1.54) is 66.7 Å². The molecule has 5 aromatic carbocycles. The van der Waals surface area contributed by atoms with Crippen LogP contribution in [0, 0.1) is 0 Å². The molecule has 0 heterocycles. The number of hydrogen-bond acceptors (Lipinski definition) is 8. The standard InChI is InChI=1S/C44H50N4O8S2/c1-27(2)31-20-32(28(3)4)23-37(22-31)47-43(49)45-35-12-16-39(17-13-35)55-57(51,52)41-10-9-11-42(26-41)58(53,54)56-40-18-14-36(15-19-40)46-44(50)48-38-24-33(29(5)6)21-34(25-38)30(7)8/h9-30H,1-8H3,(H2,45,47,49)(H2,46,48,50). The average Bonchev–Trinajstić information content (AvgIpc) is 3.15. The third-order valence-electron chi connectivity index (χ3n) is 9.16. The van der Waals surface area contributed by atoms with Gasteiger partial charge in [0.2, 0.25) is 0 Å². The predicted octanol–water partition coefficient (Wildman–Crippen LogP) is 11.0. The Balaban J connectivity index is 1.19. The Labute approximate surface area is 341 Å². The minimum atomic E-state index is -4.49. The topological polar surface area (TPSA) is 169 Å². The average molecular weight is 827 g/mol. The van der Waals surface area contributed by atoms with Crippen LogP contribution < -0.4 is 29.6 Å². The highest BCUT2D eigenvalue weighted by Gasteiger charge is 2.23. The molecular weight excluding hydrogens is 777 g/mol. The lowest BCUT2D eigenvalue weighted by molar-refractivity contribution is 0.261. The number of amides is 4. The molecule has 0 aliphatic carbocycles. The van der Waals surface area contributed by atoms with Crippen LogP contribution in [0.3, 0.4) is 0 Å². The molecule has 0 aliphatic rings. The number of rotatable bonds is 14. The van der Waals surface area contributed by atoms with E-state index < -0.39 is 42.1 Å². The highest BCUT2D eigenvalue weighted by molar-refractivity contribution is 7.88. The summed E-state index contributed by atoms with van der Waals surface area (Å²) in [4.78, 5) is 24.8. The number of carbonyl (C=O) groups is 2. The quantitative estimate of drug-likeness (QED) is 0.0802. The van der Waals surface area contributed by atoms with Crippen LogP contribution in [0.5, 0.6) is 11.5 Å². The van der Waals surface area contributed by atoms with Crippen molar-refractivity contribution in [3.05, 3.63) is 131 Å². The Hall–Kier alpha value is -5.86. The Kier molecular flexibility index (Phi) is 13.5. The zero-order valence-electron chi connectivity index (χ0n) is 33.8. The Morgan fingerprint density at radius 1 is 0.414 bits per heavy atom. The summed E-state index contributed by atoms with van der Waals surface area (Å²) < 4.78 is 63.4. The van der Waals surface area contributed by atoms with Gasteiger partial charge in [0, 0.05) is 22.7 Å². The third kappa shape index (κ3) is 11.6. The summed E-state index contributed by atoms with van der Waals surface area (Å²) in [5.74, 6) is 0.984. The van der Waals surface area contributed by atoms with Gasteiger partial charge < -0.3 is 29.6 Å². The van der Waals surface area contributed by atoms with Crippen molar-refractivity contribution in [3.63, 3.8) is 0 Å². The highest BCUT2D eigenvalue weighted by Crippen LogP contribution is 2.29. The molecule has 58 heavy (non-hydrogen) atoms. The summed E-state index contributed by atoms with van der Waals surface area (Å²) >= 11 is 0. The third-order valence-corrected chi connectivity index (χ3v) is 11.6. The molecule has 306 valence electrons. The van der Waals surface area contributed by atoms with Gasteiger partial charge in [0.05, 0.1) is 0 Å². The predicted molar refractivity (Wildman–Crippen MR) is 229 cm³/mol. The summed E-state index contributed by atoms with van der Waals surface area (Å²) in [6, 6.07) is 27.0. The molecule has 5 aromatic rings. The van der Waals surface area contributed by atoms with Crippen molar-refractivity contribution in [1.29, 1.82) is 0 Å². The van der Waals surface area contributed by atoms with Gasteiger partial charge >= 0.3 is 32.3 Å². The van der Waals surface area contributed by atoms with Crippen LogP contribution in [-0.4, -0.2) is 28.9 Å². The van der Waals surface area contributed by atoms with Gasteiger partial charge in [-0.1, -0.05) is 73.6 Å². The normalized spacial score (nSPS) is 11.8. The number of urea groups is 2. The SMILES string of the molecule is CC(C)c1cc(NC(=O)Nc2ccc(OS(=O)(=O)c3cccc(S(=O)(=O)Oc4ccc(NC(=O)Nc5cc(C(C)C)cc(C(C)C)c5)cc4)c3)cc2)cc(C(C)C)c1. The number of anilines is 4. The summed E-state index contributed by atoms with van der Waals surface area (Å²) in [7, 11) is -8.97. The van der Waals surface area contributed by atoms with Crippen LogP contribution in [0.1, 0.15) is 101 Å². The van der Waals surface area contributed by atoms with Crippen molar-refractivity contribution in [2.24, 2.45) is 0 Å². The van der Waals surface area contributed by atoms with Gasteiger partial charge in [0.1, 0.15) is 21.3 Å². The van der Waals surface area contributed by atoms with Crippen LogP contribution in [0.4, 0.5) is 32.3 Å². The number of benzene rings is 5. The van der Waals surface area contributed by atoms with E-state index in [0.29, 0.717) is 22.7 Å². The largest absolute Gasteiger partial charge is 0.379 e. The zero-order valence-corrected chi connectivity index (χ0v) is 35.4. The Morgan fingerprint density at radius 2 is 0.707 bits per heavy atom. The first-order chi connectivity index (χ1) is 27.3. The van der Waals surface area contributed by atoms with Crippen LogP contribution in [0.2, 0.25) is 0 Å². The van der Waals surface area contributed by atoms with Crippen LogP contribution in [0.15, 0.2) is 119 Å². The number of nitrogens with one attached hydrogen (secondary N) is 4. The van der Waals surface area contributed by atoms with Crippen molar-refractivity contribution in [1.82, 2.24) is 0 Å². The zero-order chi connectivity index (χ0) is 42.4. The summed E-state index contributed by atoms with van der Waals surface area (Å²) in [6.07, 6.45) is 0. The van der Waals surface area contributed by atoms with Crippen LogP contribution in [0.25, 0.3) is 0 Å². The molecule has 0 aliphatic heterocycles. The minimum Gasteiger partial charge on any atom is -0.379 e. The Morgan fingerprint density at radius 3 is 1.00 bits per heavy atom. The van der Waals surface area contributed by atoms with Crippen molar-refractivity contribution in [2.75, 3.05) is 21.3 Å². The maximum Gasteiger partial charge on any atom is 0.339 e. The lowest BCUT2D eigenvalue weighted by atomic mass is 9.95. The molecule has 0 saturated carbocycles. The van der Waals surface area contributed by atoms with Crippen LogP contribution >= 0.6 is 0 Å². The summed E-state index contributed by atoms with van der Waals surface area (Å²) in [6.45, 7) is 16.7. The molecule has 0 unspecified atom stereocenters. The number of carbonyl (C=O) groups excluding carboxylic acids is 2. The molecule has 0 bridgehead atoms. The van der Waals surface area contributed by atoms with E-state index in [-0.39, 0.29) is 35.2 Å². The van der Waals surface area contributed by atoms with Gasteiger partial charge in [0.25, 0.3) is 0 Å². The summed E-state index contributed by atoms with van der Waals surface area (Å²) in [5.41, 5.74) is 6.50. The molecule has 0 atom stereocenters. The molecule has 14 heteroatoms. The van der Waals surface area contributed by atoms with E-state index in [2.05, 4.69) is 88.8 Å². The van der Waals surface area contributed by atoms with Gasteiger partial charge in [-0.25, -0.2) is 9.59 Å². The molecule has 0 saturated heterocycles. The first kappa shape index (κ1) is 43.3. The first-order valence-electron chi connectivity index (χ1n) is 18.9. The van der Waals surface area contributed by atoms with E-state index in [1.807, 2.05) is 24.3 Å². The van der Waals surface area contributed by atoms with E-state index >= 15 is 0 Å². The van der Waals surface area contributed by atoms with Crippen molar-refractivity contribution in [2.45, 2.75) is 88.9 Å². The van der Waals surface area contributed by atoms with Crippen molar-refractivity contribution >= 4 is 55.0 Å². The molecule has 5 rings (SSSR count). The van der Waals surface area contributed by atoms with Gasteiger partial charge in [-0.15, -0.1) is 0 Å². The first-order valence-corrected chi connectivity index (χ1v) is 21.7. The second-order valence-electron chi connectivity index (χ2n) is 15.2.